The molecule has 0 radical (unpaired) electrons. The van der Waals surface area contributed by atoms with Gasteiger partial charge in [0.1, 0.15) is 23.2 Å². The molecule has 6 rings (SSSR count). The van der Waals surface area contributed by atoms with Crippen LogP contribution in [0.5, 0.6) is 11.5 Å². The molecule has 2 aliphatic heterocycles. The van der Waals surface area contributed by atoms with Crippen molar-refractivity contribution in [3.63, 3.8) is 0 Å². The van der Waals surface area contributed by atoms with E-state index in [0.29, 0.717) is 18.6 Å². The number of rotatable bonds is 3. The van der Waals surface area contributed by atoms with Crippen molar-refractivity contribution in [3.05, 3.63) is 23.3 Å². The van der Waals surface area contributed by atoms with E-state index in [9.17, 15) is 20.1 Å². The zero-order valence-corrected chi connectivity index (χ0v) is 16.4. The number of quaternary nitrogens is 1. The number of aromatic hydroxyl groups is 1. The third-order valence-corrected chi connectivity index (χ3v) is 8.94. The highest BCUT2D eigenvalue weighted by atomic mass is 16.5. The molecule has 1 aromatic rings. The highest BCUT2D eigenvalue weighted by Gasteiger charge is 2.82. The average molecular weight is 386 g/mol. The molecule has 6 atom stereocenters. The highest BCUT2D eigenvalue weighted by Crippen LogP contribution is 2.71. The summed E-state index contributed by atoms with van der Waals surface area (Å²) in [5, 5.41) is 33.0. The van der Waals surface area contributed by atoms with E-state index >= 15 is 0 Å². The molecule has 2 heterocycles. The van der Waals surface area contributed by atoms with Crippen molar-refractivity contribution in [1.82, 2.24) is 0 Å². The second-order valence-electron chi connectivity index (χ2n) is 10.5. The number of carbonyl (C=O) groups is 1. The number of likely N-dealkylation sites (N-methyl/N-ethyl adjacent to an activating group) is 1. The van der Waals surface area contributed by atoms with Gasteiger partial charge in [-0.3, -0.25) is 4.79 Å². The van der Waals surface area contributed by atoms with Crippen LogP contribution in [0, 0.1) is 11.3 Å². The van der Waals surface area contributed by atoms with E-state index in [1.807, 2.05) is 6.07 Å². The molecule has 28 heavy (non-hydrogen) atoms. The van der Waals surface area contributed by atoms with Gasteiger partial charge in [-0.05, 0) is 31.4 Å². The first-order valence-corrected chi connectivity index (χ1v) is 10.5. The number of hydrogen-bond acceptors (Lipinski definition) is 4. The van der Waals surface area contributed by atoms with Crippen LogP contribution < -0.4 is 4.74 Å². The van der Waals surface area contributed by atoms with Crippen LogP contribution in [-0.4, -0.2) is 63.7 Å². The predicted octanol–water partition coefficient (Wildman–Crippen LogP) is 1.80. The lowest BCUT2D eigenvalue weighted by atomic mass is 9.55. The maximum Gasteiger partial charge on any atom is 0.313 e. The van der Waals surface area contributed by atoms with Gasteiger partial charge in [-0.15, -0.1) is 0 Å². The van der Waals surface area contributed by atoms with Gasteiger partial charge in [-0.2, -0.15) is 0 Å². The topological polar surface area (TPSA) is 87.0 Å². The minimum atomic E-state index is -1.19. The molecule has 1 spiro atoms. The summed E-state index contributed by atoms with van der Waals surface area (Å²) in [7, 11) is 2.25. The summed E-state index contributed by atoms with van der Waals surface area (Å²) >= 11 is 0. The van der Waals surface area contributed by atoms with Crippen LogP contribution in [0.3, 0.4) is 0 Å². The van der Waals surface area contributed by atoms with E-state index in [1.54, 1.807) is 13.0 Å². The van der Waals surface area contributed by atoms with Crippen molar-refractivity contribution in [2.24, 2.45) is 11.3 Å². The quantitative estimate of drug-likeness (QED) is 0.690. The summed E-state index contributed by atoms with van der Waals surface area (Å²) in [5.41, 5.74) is -1.07. The Bertz CT molecular complexity index is 928. The maximum absolute atomic E-state index is 12.4. The fourth-order valence-corrected chi connectivity index (χ4v) is 7.55. The van der Waals surface area contributed by atoms with Gasteiger partial charge >= 0.3 is 5.97 Å². The maximum atomic E-state index is 12.4. The molecule has 1 aromatic carbocycles. The molecule has 6 nitrogen and oxygen atoms in total. The van der Waals surface area contributed by atoms with Crippen LogP contribution in [0.1, 0.15) is 43.7 Å². The first-order chi connectivity index (χ1) is 13.2. The lowest BCUT2D eigenvalue weighted by Crippen LogP contribution is -2.76. The number of piperidine rings is 1. The number of nitrogens with zero attached hydrogens (tertiary/aromatic N) is 1. The Morgan fingerprint density at radius 2 is 2.11 bits per heavy atom. The molecule has 3 aliphatic carbocycles. The summed E-state index contributed by atoms with van der Waals surface area (Å²) in [6.07, 6.45) is 3.48. The van der Waals surface area contributed by atoms with E-state index in [0.717, 1.165) is 34.6 Å². The summed E-state index contributed by atoms with van der Waals surface area (Å²) in [5.74, 6) is 0.259. The Labute approximate surface area is 164 Å². The number of phenolic OH excluding ortho intramolecular Hbond substituents is 1. The fraction of sp³-hybridized carbons (Fsp3) is 0.682. The zero-order valence-electron chi connectivity index (χ0n) is 16.4. The second kappa shape index (κ2) is 4.68. The number of carboxylic acids is 1. The molecule has 3 N–H and O–H groups in total. The Morgan fingerprint density at radius 1 is 1.36 bits per heavy atom. The number of aliphatic carboxylic acids is 1. The van der Waals surface area contributed by atoms with Crippen molar-refractivity contribution in [3.8, 4) is 11.5 Å². The number of ether oxygens (including phenoxy) is 1. The van der Waals surface area contributed by atoms with Gasteiger partial charge in [0.05, 0.1) is 25.6 Å². The van der Waals surface area contributed by atoms with E-state index in [1.165, 1.54) is 12.8 Å². The largest absolute Gasteiger partial charge is 0.504 e. The zero-order chi connectivity index (χ0) is 19.7. The fourth-order valence-electron chi connectivity index (χ4n) is 7.55. The van der Waals surface area contributed by atoms with E-state index < -0.39 is 28.5 Å². The first kappa shape index (κ1) is 17.1. The lowest BCUT2D eigenvalue weighted by molar-refractivity contribution is -0.950. The van der Waals surface area contributed by atoms with Gasteiger partial charge in [0, 0.05) is 30.7 Å². The molecule has 150 valence electrons. The SMILES string of the molecule is C[C@@]1(C(=O)O)C[C@@]2(O)[C@H]3Cc4ccc(O)c5c4[C@@]2(CC[N+]3(C)CC2CC2)[C@H]1O5. The van der Waals surface area contributed by atoms with E-state index in [2.05, 4.69) is 7.05 Å². The number of hydrogen-bond donors (Lipinski definition) is 3. The van der Waals surface area contributed by atoms with E-state index in [-0.39, 0.29) is 18.2 Å². The summed E-state index contributed by atoms with van der Waals surface area (Å²) in [6, 6.07) is 3.57. The van der Waals surface area contributed by atoms with Crippen LogP contribution in [0.4, 0.5) is 0 Å². The molecular formula is C22H28NO5+. The van der Waals surface area contributed by atoms with Crippen molar-refractivity contribution >= 4 is 5.97 Å². The molecule has 3 fully saturated rings. The molecule has 2 bridgehead atoms. The van der Waals surface area contributed by atoms with Crippen molar-refractivity contribution in [2.45, 2.75) is 62.2 Å². The molecular weight excluding hydrogens is 358 g/mol. The van der Waals surface area contributed by atoms with Gasteiger partial charge in [0.2, 0.25) is 0 Å². The normalized spacial score (nSPS) is 47.5. The van der Waals surface area contributed by atoms with Gasteiger partial charge in [0.15, 0.2) is 11.5 Å². The van der Waals surface area contributed by atoms with Gasteiger partial charge in [-0.1, -0.05) is 6.07 Å². The third-order valence-electron chi connectivity index (χ3n) is 8.94. The number of carboxylic acid groups (broad SMARTS) is 1. The Morgan fingerprint density at radius 3 is 2.79 bits per heavy atom. The van der Waals surface area contributed by atoms with Gasteiger partial charge < -0.3 is 24.5 Å². The third kappa shape index (κ3) is 1.64. The van der Waals surface area contributed by atoms with Crippen molar-refractivity contribution < 1.29 is 29.3 Å². The molecule has 6 heteroatoms. The highest BCUT2D eigenvalue weighted by molar-refractivity contribution is 5.79. The van der Waals surface area contributed by atoms with Crippen LogP contribution in [0.2, 0.25) is 0 Å². The standard InChI is InChI=1S/C22H27NO5/c1-20(19(25)26)11-22(27)15-9-13-5-6-14(24)17-16(13)21(22,18(20)28-17)7-8-23(15,2)10-12-3-4-12/h5-6,12,15,18,27H,3-4,7-11H2,1-2H3,(H-,24,25,26)/p+1/t15-,18+,20-,21+,22-,23?/m1/s1. The van der Waals surface area contributed by atoms with Crippen LogP contribution >= 0.6 is 0 Å². The molecule has 2 saturated carbocycles. The van der Waals surface area contributed by atoms with Gasteiger partial charge in [-0.25, -0.2) is 0 Å². The van der Waals surface area contributed by atoms with E-state index in [4.69, 9.17) is 4.74 Å². The Balaban J connectivity index is 1.62. The first-order valence-electron chi connectivity index (χ1n) is 10.5. The molecule has 0 aromatic heterocycles. The number of phenols is 1. The summed E-state index contributed by atoms with van der Waals surface area (Å²) in [6.45, 7) is 3.68. The summed E-state index contributed by atoms with van der Waals surface area (Å²) in [4.78, 5) is 12.4. The minimum absolute atomic E-state index is 0.0443. The van der Waals surface area contributed by atoms with Crippen molar-refractivity contribution in [1.29, 1.82) is 0 Å². The molecule has 1 unspecified atom stereocenters. The van der Waals surface area contributed by atoms with Crippen molar-refractivity contribution in [2.75, 3.05) is 20.1 Å². The summed E-state index contributed by atoms with van der Waals surface area (Å²) < 4.78 is 7.04. The molecule has 5 aliphatic rings. The lowest BCUT2D eigenvalue weighted by Gasteiger charge is -2.60. The number of benzene rings is 1. The Kier molecular flexibility index (Phi) is 2.86. The van der Waals surface area contributed by atoms with Crippen LogP contribution in [-0.2, 0) is 16.6 Å². The number of likely N-dealkylation sites (tertiary alicyclic amines) is 1. The van der Waals surface area contributed by atoms with Crippen LogP contribution in [0.15, 0.2) is 12.1 Å². The average Bonchev–Trinajstić information content (AvgIpc) is 3.29. The van der Waals surface area contributed by atoms with Crippen LogP contribution in [0.25, 0.3) is 0 Å². The molecule has 0 amide bonds. The smallest absolute Gasteiger partial charge is 0.313 e. The monoisotopic (exact) mass is 386 g/mol. The predicted molar refractivity (Wildman–Crippen MR) is 100 cm³/mol. The Hall–Kier alpha value is -1.79. The molecule has 1 saturated heterocycles. The van der Waals surface area contributed by atoms with Gasteiger partial charge in [0.25, 0.3) is 0 Å². The minimum Gasteiger partial charge on any atom is -0.504 e. The number of aliphatic hydroxyl groups is 1. The second-order valence-corrected chi connectivity index (χ2v) is 10.5.